The molecule has 1 atom stereocenters. The minimum Gasteiger partial charge on any atom is -0.380 e. The molecule has 3 nitrogen and oxygen atoms in total. The first-order valence-electron chi connectivity index (χ1n) is 5.18. The van der Waals surface area contributed by atoms with Gasteiger partial charge in [0, 0.05) is 12.6 Å². The van der Waals surface area contributed by atoms with Crippen LogP contribution in [0.3, 0.4) is 0 Å². The van der Waals surface area contributed by atoms with Gasteiger partial charge < -0.3 is 11.1 Å². The maximum Gasteiger partial charge on any atom is 0.101 e. The summed E-state index contributed by atoms with van der Waals surface area (Å²) in [6.07, 6.45) is 0.954. The standard InChI is InChI=1S/C12H17N3/c1-3-11(8-14)15-12-5-4-9(2)6-10(12)7-13/h4-6,11,15H,3,8,14H2,1-2H3. The molecule has 0 fully saturated rings. The Bertz CT molecular complexity index is 362. The van der Waals surface area contributed by atoms with Crippen molar-refractivity contribution in [3.8, 4) is 6.07 Å². The molecule has 0 heterocycles. The predicted molar refractivity (Wildman–Crippen MR) is 62.7 cm³/mol. The van der Waals surface area contributed by atoms with Crippen LogP contribution in [0.15, 0.2) is 18.2 Å². The van der Waals surface area contributed by atoms with Crippen LogP contribution < -0.4 is 11.1 Å². The minimum atomic E-state index is 0.236. The molecule has 0 aromatic heterocycles. The van der Waals surface area contributed by atoms with Gasteiger partial charge in [0.15, 0.2) is 0 Å². The predicted octanol–water partition coefficient (Wildman–Crippen LogP) is 2.02. The lowest BCUT2D eigenvalue weighted by Gasteiger charge is -2.17. The number of aryl methyl sites for hydroxylation is 1. The zero-order valence-corrected chi connectivity index (χ0v) is 9.25. The van der Waals surface area contributed by atoms with Gasteiger partial charge in [-0.05, 0) is 31.0 Å². The second kappa shape index (κ2) is 5.38. The number of anilines is 1. The first-order valence-corrected chi connectivity index (χ1v) is 5.18. The van der Waals surface area contributed by atoms with Gasteiger partial charge in [-0.2, -0.15) is 5.26 Å². The number of nitrogens with zero attached hydrogens (tertiary/aromatic N) is 1. The van der Waals surface area contributed by atoms with Crippen LogP contribution in [0.1, 0.15) is 24.5 Å². The monoisotopic (exact) mass is 203 g/mol. The SMILES string of the molecule is CCC(CN)Nc1ccc(C)cc1C#N. The van der Waals surface area contributed by atoms with Crippen LogP contribution in [0.5, 0.6) is 0 Å². The van der Waals surface area contributed by atoms with Crippen LogP contribution in [0.2, 0.25) is 0 Å². The van der Waals surface area contributed by atoms with E-state index in [1.807, 2.05) is 25.1 Å². The highest BCUT2D eigenvalue weighted by molar-refractivity contribution is 5.59. The lowest BCUT2D eigenvalue weighted by atomic mass is 10.1. The Kier molecular flexibility index (Phi) is 4.14. The van der Waals surface area contributed by atoms with E-state index in [0.29, 0.717) is 12.1 Å². The third-order valence-corrected chi connectivity index (χ3v) is 2.43. The summed E-state index contributed by atoms with van der Waals surface area (Å²) in [5, 5.41) is 12.3. The van der Waals surface area contributed by atoms with Gasteiger partial charge in [0.25, 0.3) is 0 Å². The summed E-state index contributed by atoms with van der Waals surface area (Å²) in [6.45, 7) is 4.63. The van der Waals surface area contributed by atoms with Gasteiger partial charge in [-0.3, -0.25) is 0 Å². The topological polar surface area (TPSA) is 61.8 Å². The molecule has 1 aromatic carbocycles. The molecule has 0 aliphatic carbocycles. The van der Waals surface area contributed by atoms with Gasteiger partial charge in [0.1, 0.15) is 6.07 Å². The van der Waals surface area contributed by atoms with Crippen LogP contribution in [-0.2, 0) is 0 Å². The largest absolute Gasteiger partial charge is 0.380 e. The Labute approximate surface area is 90.9 Å². The van der Waals surface area contributed by atoms with Crippen molar-refractivity contribution in [3.63, 3.8) is 0 Å². The normalized spacial score (nSPS) is 11.9. The van der Waals surface area contributed by atoms with Crippen molar-refractivity contribution in [2.75, 3.05) is 11.9 Å². The molecule has 0 spiro atoms. The van der Waals surface area contributed by atoms with E-state index in [0.717, 1.165) is 17.7 Å². The Morgan fingerprint density at radius 1 is 1.53 bits per heavy atom. The van der Waals surface area contributed by atoms with Gasteiger partial charge >= 0.3 is 0 Å². The average Bonchev–Trinajstić information content (AvgIpc) is 2.27. The molecule has 0 amide bonds. The number of benzene rings is 1. The fourth-order valence-electron chi connectivity index (χ4n) is 1.42. The maximum atomic E-state index is 8.98. The highest BCUT2D eigenvalue weighted by atomic mass is 14.9. The van der Waals surface area contributed by atoms with Crippen molar-refractivity contribution >= 4 is 5.69 Å². The van der Waals surface area contributed by atoms with E-state index in [2.05, 4.69) is 18.3 Å². The molecule has 0 saturated heterocycles. The van der Waals surface area contributed by atoms with Gasteiger partial charge in [-0.15, -0.1) is 0 Å². The quantitative estimate of drug-likeness (QED) is 0.787. The van der Waals surface area contributed by atoms with Crippen molar-refractivity contribution in [2.45, 2.75) is 26.3 Å². The Balaban J connectivity index is 2.90. The van der Waals surface area contributed by atoms with Crippen LogP contribution in [0, 0.1) is 18.3 Å². The molecule has 0 aliphatic rings. The number of nitrogens with two attached hydrogens (primary N) is 1. The van der Waals surface area contributed by atoms with Crippen molar-refractivity contribution in [2.24, 2.45) is 5.73 Å². The molecule has 15 heavy (non-hydrogen) atoms. The molecule has 1 aromatic rings. The summed E-state index contributed by atoms with van der Waals surface area (Å²) < 4.78 is 0. The van der Waals surface area contributed by atoms with Gasteiger partial charge in [0.2, 0.25) is 0 Å². The third kappa shape index (κ3) is 2.97. The van der Waals surface area contributed by atoms with Gasteiger partial charge in [0.05, 0.1) is 11.3 Å². The number of nitriles is 1. The molecular formula is C12H17N3. The summed E-state index contributed by atoms with van der Waals surface area (Å²) in [7, 11) is 0. The zero-order chi connectivity index (χ0) is 11.3. The van der Waals surface area contributed by atoms with Gasteiger partial charge in [-0.1, -0.05) is 13.0 Å². The zero-order valence-electron chi connectivity index (χ0n) is 9.25. The second-order valence-corrected chi connectivity index (χ2v) is 3.65. The van der Waals surface area contributed by atoms with Crippen molar-refractivity contribution < 1.29 is 0 Å². The lowest BCUT2D eigenvalue weighted by Crippen LogP contribution is -2.28. The molecule has 80 valence electrons. The molecule has 0 bridgehead atoms. The third-order valence-electron chi connectivity index (χ3n) is 2.43. The fraction of sp³-hybridized carbons (Fsp3) is 0.417. The van der Waals surface area contributed by atoms with Crippen LogP contribution in [0.25, 0.3) is 0 Å². The second-order valence-electron chi connectivity index (χ2n) is 3.65. The molecule has 3 heteroatoms. The summed E-state index contributed by atoms with van der Waals surface area (Å²) in [5.74, 6) is 0. The highest BCUT2D eigenvalue weighted by Crippen LogP contribution is 2.17. The maximum absolute atomic E-state index is 8.98. The van der Waals surface area contributed by atoms with E-state index in [9.17, 15) is 0 Å². The van der Waals surface area contributed by atoms with E-state index in [1.165, 1.54) is 0 Å². The molecule has 0 saturated carbocycles. The first-order chi connectivity index (χ1) is 7.21. The summed E-state index contributed by atoms with van der Waals surface area (Å²) in [4.78, 5) is 0. The summed E-state index contributed by atoms with van der Waals surface area (Å²) in [5.41, 5.74) is 8.26. The minimum absolute atomic E-state index is 0.236. The Morgan fingerprint density at radius 2 is 2.27 bits per heavy atom. The lowest BCUT2D eigenvalue weighted by molar-refractivity contribution is 0.703. The van der Waals surface area contributed by atoms with Crippen LogP contribution >= 0.6 is 0 Å². The van der Waals surface area contributed by atoms with Crippen LogP contribution in [-0.4, -0.2) is 12.6 Å². The number of nitrogens with one attached hydrogen (secondary N) is 1. The number of hydrogen-bond acceptors (Lipinski definition) is 3. The average molecular weight is 203 g/mol. The van der Waals surface area contributed by atoms with Gasteiger partial charge in [-0.25, -0.2) is 0 Å². The van der Waals surface area contributed by atoms with Crippen molar-refractivity contribution in [1.29, 1.82) is 5.26 Å². The first kappa shape index (κ1) is 11.5. The number of rotatable bonds is 4. The van der Waals surface area contributed by atoms with E-state index < -0.39 is 0 Å². The molecule has 3 N–H and O–H groups in total. The highest BCUT2D eigenvalue weighted by Gasteiger charge is 2.07. The molecular weight excluding hydrogens is 186 g/mol. The van der Waals surface area contributed by atoms with E-state index in [4.69, 9.17) is 11.0 Å². The van der Waals surface area contributed by atoms with Crippen molar-refractivity contribution in [3.05, 3.63) is 29.3 Å². The fourth-order valence-corrected chi connectivity index (χ4v) is 1.42. The number of hydrogen-bond donors (Lipinski definition) is 2. The Morgan fingerprint density at radius 3 is 2.80 bits per heavy atom. The van der Waals surface area contributed by atoms with Crippen molar-refractivity contribution in [1.82, 2.24) is 0 Å². The smallest absolute Gasteiger partial charge is 0.101 e. The molecule has 1 rings (SSSR count). The Hall–Kier alpha value is -1.53. The van der Waals surface area contributed by atoms with Crippen LogP contribution in [0.4, 0.5) is 5.69 Å². The molecule has 0 aliphatic heterocycles. The van der Waals surface area contributed by atoms with E-state index >= 15 is 0 Å². The molecule has 1 unspecified atom stereocenters. The van der Waals surface area contributed by atoms with E-state index in [-0.39, 0.29) is 6.04 Å². The van der Waals surface area contributed by atoms with E-state index in [1.54, 1.807) is 0 Å². The summed E-state index contributed by atoms with van der Waals surface area (Å²) in [6, 6.07) is 8.23. The molecule has 0 radical (unpaired) electrons. The summed E-state index contributed by atoms with van der Waals surface area (Å²) >= 11 is 0.